The molecule has 0 bridgehead atoms. The highest BCUT2D eigenvalue weighted by atomic mass is 16.5. The molecular weight excluding hydrogens is 228 g/mol. The number of ether oxygens (including phenoxy) is 2. The lowest BCUT2D eigenvalue weighted by atomic mass is 9.72. The van der Waals surface area contributed by atoms with Gasteiger partial charge in [0.15, 0.2) is 0 Å². The third kappa shape index (κ3) is 2.64. The van der Waals surface area contributed by atoms with Gasteiger partial charge in [0.05, 0.1) is 24.9 Å². The van der Waals surface area contributed by atoms with E-state index in [4.69, 9.17) is 9.47 Å². The zero-order valence-corrected chi connectivity index (χ0v) is 10.8. The summed E-state index contributed by atoms with van der Waals surface area (Å²) in [7, 11) is 1.70. The quantitative estimate of drug-likeness (QED) is 0.620. The third-order valence-electron chi connectivity index (χ3n) is 3.48. The predicted molar refractivity (Wildman–Crippen MR) is 70.2 cm³/mol. The number of methoxy groups -OCH3 is 1. The van der Waals surface area contributed by atoms with Crippen LogP contribution in [0.5, 0.6) is 0 Å². The molecule has 98 valence electrons. The highest BCUT2D eigenvalue weighted by Gasteiger charge is 2.45. The highest BCUT2D eigenvalue weighted by Crippen LogP contribution is 2.44. The van der Waals surface area contributed by atoms with Gasteiger partial charge < -0.3 is 14.6 Å². The maximum absolute atomic E-state index is 9.50. The Morgan fingerprint density at radius 2 is 2.28 bits per heavy atom. The van der Waals surface area contributed by atoms with Crippen molar-refractivity contribution in [2.75, 3.05) is 13.7 Å². The molecule has 3 nitrogen and oxygen atoms in total. The Hall–Kier alpha value is -1.16. The molecule has 0 heterocycles. The number of aliphatic hydroxyl groups excluding tert-OH is 1. The van der Waals surface area contributed by atoms with Crippen LogP contribution in [0.1, 0.15) is 24.0 Å². The molecule has 2 rings (SSSR count). The van der Waals surface area contributed by atoms with Gasteiger partial charge in [-0.2, -0.15) is 0 Å². The molecule has 0 spiro atoms. The molecule has 1 saturated carbocycles. The first kappa shape index (κ1) is 13.3. The molecule has 1 aromatic carbocycles. The molecule has 0 radical (unpaired) electrons. The Labute approximate surface area is 108 Å². The van der Waals surface area contributed by atoms with E-state index in [-0.39, 0.29) is 11.7 Å². The molecule has 0 aliphatic heterocycles. The summed E-state index contributed by atoms with van der Waals surface area (Å²) in [5.41, 5.74) is 1.93. The minimum atomic E-state index is -0.312. The number of benzene rings is 1. The van der Waals surface area contributed by atoms with Crippen LogP contribution in [-0.2, 0) is 21.7 Å². The highest BCUT2D eigenvalue weighted by molar-refractivity contribution is 5.30. The lowest BCUT2D eigenvalue weighted by Crippen LogP contribution is -2.46. The predicted octanol–water partition coefficient (Wildman–Crippen LogP) is 2.39. The minimum absolute atomic E-state index is 0.245. The van der Waals surface area contributed by atoms with Gasteiger partial charge >= 0.3 is 0 Å². The summed E-state index contributed by atoms with van der Waals surface area (Å²) in [5, 5.41) is 9.50. The second-order valence-corrected chi connectivity index (χ2v) is 4.76. The summed E-state index contributed by atoms with van der Waals surface area (Å²) < 4.78 is 11.0. The normalized spacial score (nSPS) is 26.7. The SMILES string of the molecule is C=CCOCc1cccc(C2(OC)CC(O)C2)c1. The van der Waals surface area contributed by atoms with E-state index >= 15 is 0 Å². The first-order valence-electron chi connectivity index (χ1n) is 6.21. The first-order valence-corrected chi connectivity index (χ1v) is 6.21. The van der Waals surface area contributed by atoms with Crippen molar-refractivity contribution >= 4 is 0 Å². The molecule has 0 unspecified atom stereocenters. The van der Waals surface area contributed by atoms with Crippen LogP contribution in [-0.4, -0.2) is 24.9 Å². The van der Waals surface area contributed by atoms with Crippen molar-refractivity contribution in [2.24, 2.45) is 0 Å². The fourth-order valence-electron chi connectivity index (χ4n) is 2.43. The van der Waals surface area contributed by atoms with Gasteiger partial charge in [0.25, 0.3) is 0 Å². The second kappa shape index (κ2) is 5.65. The fraction of sp³-hybridized carbons (Fsp3) is 0.467. The number of hydrogen-bond donors (Lipinski definition) is 1. The smallest absolute Gasteiger partial charge is 0.0976 e. The molecular formula is C15H20O3. The fourth-order valence-corrected chi connectivity index (χ4v) is 2.43. The van der Waals surface area contributed by atoms with Crippen molar-refractivity contribution in [3.63, 3.8) is 0 Å². The minimum Gasteiger partial charge on any atom is -0.393 e. The molecule has 0 saturated heterocycles. The summed E-state index contributed by atoms with van der Waals surface area (Å²) in [4.78, 5) is 0. The van der Waals surface area contributed by atoms with Gasteiger partial charge in [-0.1, -0.05) is 30.3 Å². The van der Waals surface area contributed by atoms with Crippen molar-refractivity contribution in [3.8, 4) is 0 Å². The molecule has 0 aromatic heterocycles. The monoisotopic (exact) mass is 248 g/mol. The largest absolute Gasteiger partial charge is 0.393 e. The van der Waals surface area contributed by atoms with Crippen LogP contribution >= 0.6 is 0 Å². The van der Waals surface area contributed by atoms with E-state index in [1.54, 1.807) is 13.2 Å². The molecule has 3 heteroatoms. The molecule has 1 fully saturated rings. The summed E-state index contributed by atoms with van der Waals surface area (Å²) in [6.45, 7) is 4.75. The van der Waals surface area contributed by atoms with Crippen LogP contribution in [0.25, 0.3) is 0 Å². The Bertz CT molecular complexity index is 408. The van der Waals surface area contributed by atoms with E-state index < -0.39 is 0 Å². The van der Waals surface area contributed by atoms with Crippen LogP contribution in [0.15, 0.2) is 36.9 Å². The molecule has 1 aromatic rings. The van der Waals surface area contributed by atoms with Crippen LogP contribution in [0.4, 0.5) is 0 Å². The summed E-state index contributed by atoms with van der Waals surface area (Å²) in [6, 6.07) is 8.18. The van der Waals surface area contributed by atoms with Crippen LogP contribution in [0, 0.1) is 0 Å². The van der Waals surface area contributed by atoms with Gasteiger partial charge in [-0.05, 0) is 11.1 Å². The van der Waals surface area contributed by atoms with Gasteiger partial charge in [0, 0.05) is 20.0 Å². The van der Waals surface area contributed by atoms with Crippen LogP contribution < -0.4 is 0 Å². The van der Waals surface area contributed by atoms with E-state index in [1.165, 1.54) is 0 Å². The van der Waals surface area contributed by atoms with Crippen molar-refractivity contribution in [3.05, 3.63) is 48.0 Å². The van der Waals surface area contributed by atoms with Gasteiger partial charge in [-0.3, -0.25) is 0 Å². The first-order chi connectivity index (χ1) is 8.70. The summed E-state index contributed by atoms with van der Waals surface area (Å²) >= 11 is 0. The Balaban J connectivity index is 2.09. The number of aliphatic hydroxyl groups is 1. The molecule has 0 amide bonds. The zero-order valence-electron chi connectivity index (χ0n) is 10.8. The maximum Gasteiger partial charge on any atom is 0.0976 e. The van der Waals surface area contributed by atoms with Crippen molar-refractivity contribution < 1.29 is 14.6 Å². The standard InChI is InChI=1S/C15H20O3/c1-3-7-18-11-12-5-4-6-13(8-12)15(17-2)9-14(16)10-15/h3-6,8,14,16H,1,7,9-11H2,2H3. The topological polar surface area (TPSA) is 38.7 Å². The molecule has 1 aliphatic rings. The average Bonchev–Trinajstić information content (AvgIpc) is 2.35. The zero-order chi connectivity index (χ0) is 13.0. The Kier molecular flexibility index (Phi) is 4.17. The molecule has 0 atom stereocenters. The van der Waals surface area contributed by atoms with E-state index in [0.717, 1.165) is 11.1 Å². The van der Waals surface area contributed by atoms with Gasteiger partial charge in [0.1, 0.15) is 0 Å². The van der Waals surface area contributed by atoms with E-state index in [0.29, 0.717) is 26.1 Å². The lowest BCUT2D eigenvalue weighted by Gasteiger charge is -2.44. The summed E-state index contributed by atoms with van der Waals surface area (Å²) in [5.74, 6) is 0. The van der Waals surface area contributed by atoms with Gasteiger partial charge in [0.2, 0.25) is 0 Å². The average molecular weight is 248 g/mol. The molecule has 1 aliphatic carbocycles. The maximum atomic E-state index is 9.50. The van der Waals surface area contributed by atoms with Gasteiger partial charge in [-0.25, -0.2) is 0 Å². The van der Waals surface area contributed by atoms with Crippen molar-refractivity contribution in [2.45, 2.75) is 31.2 Å². The van der Waals surface area contributed by atoms with Gasteiger partial charge in [-0.15, -0.1) is 6.58 Å². The van der Waals surface area contributed by atoms with Crippen molar-refractivity contribution in [1.82, 2.24) is 0 Å². The van der Waals surface area contributed by atoms with Crippen LogP contribution in [0.3, 0.4) is 0 Å². The van der Waals surface area contributed by atoms with E-state index in [1.807, 2.05) is 18.2 Å². The van der Waals surface area contributed by atoms with E-state index in [2.05, 4.69) is 12.6 Å². The summed E-state index contributed by atoms with van der Waals surface area (Å²) in [6.07, 6.45) is 2.83. The molecule has 1 N–H and O–H groups in total. The lowest BCUT2D eigenvalue weighted by molar-refractivity contribution is -0.143. The Morgan fingerprint density at radius 1 is 1.50 bits per heavy atom. The Morgan fingerprint density at radius 3 is 2.89 bits per heavy atom. The number of hydrogen-bond acceptors (Lipinski definition) is 3. The van der Waals surface area contributed by atoms with E-state index in [9.17, 15) is 5.11 Å². The molecule has 18 heavy (non-hydrogen) atoms. The number of rotatable bonds is 6. The third-order valence-corrected chi connectivity index (χ3v) is 3.48. The van der Waals surface area contributed by atoms with Crippen molar-refractivity contribution in [1.29, 1.82) is 0 Å². The second-order valence-electron chi connectivity index (χ2n) is 4.76. The van der Waals surface area contributed by atoms with Crippen LogP contribution in [0.2, 0.25) is 0 Å².